The monoisotopic (exact) mass is 237 g/mol. The van der Waals surface area contributed by atoms with Gasteiger partial charge in [-0.25, -0.2) is 0 Å². The quantitative estimate of drug-likeness (QED) is 0.710. The van der Waals surface area contributed by atoms with Gasteiger partial charge in [0.05, 0.1) is 0 Å². The van der Waals surface area contributed by atoms with E-state index in [2.05, 4.69) is 4.98 Å². The number of hydrogen-bond acceptors (Lipinski definition) is 1. The summed E-state index contributed by atoms with van der Waals surface area (Å²) in [6, 6.07) is 2.83. The van der Waals surface area contributed by atoms with Gasteiger partial charge in [0.1, 0.15) is 0 Å². The fourth-order valence-electron chi connectivity index (χ4n) is 0.794. The number of rotatable bonds is 2. The van der Waals surface area contributed by atoms with E-state index < -0.39 is 5.92 Å². The zero-order valence-electron chi connectivity index (χ0n) is 6.84. The van der Waals surface area contributed by atoms with Crippen LogP contribution in [0.2, 0.25) is 5.82 Å². The third-order valence-electron chi connectivity index (χ3n) is 1.45. The second kappa shape index (κ2) is 3.50. The Hall–Kier alpha value is -0.471. The van der Waals surface area contributed by atoms with Crippen LogP contribution < -0.4 is 4.59 Å². The molecular formula is C8H9F2NSe. The molecule has 0 bridgehead atoms. The van der Waals surface area contributed by atoms with Crippen molar-refractivity contribution in [1.29, 1.82) is 0 Å². The maximum absolute atomic E-state index is 12.8. The van der Waals surface area contributed by atoms with Gasteiger partial charge in [-0.15, -0.1) is 0 Å². The molecule has 0 saturated carbocycles. The van der Waals surface area contributed by atoms with Crippen molar-refractivity contribution in [3.8, 4) is 0 Å². The third kappa shape index (κ3) is 2.26. The molecule has 0 unspecified atom stereocenters. The van der Waals surface area contributed by atoms with Crippen LogP contribution in [0.25, 0.3) is 0 Å². The molecule has 4 heteroatoms. The van der Waals surface area contributed by atoms with Gasteiger partial charge in [0.25, 0.3) is 0 Å². The Morgan fingerprint density at radius 2 is 2.17 bits per heavy atom. The summed E-state index contributed by atoms with van der Waals surface area (Å²) >= 11 is 0.182. The van der Waals surface area contributed by atoms with Gasteiger partial charge in [0, 0.05) is 0 Å². The van der Waals surface area contributed by atoms with Crippen molar-refractivity contribution in [3.05, 3.63) is 23.9 Å². The first-order chi connectivity index (χ1) is 5.54. The molecule has 0 N–H and O–H groups in total. The van der Waals surface area contributed by atoms with Crippen molar-refractivity contribution in [2.75, 3.05) is 0 Å². The van der Waals surface area contributed by atoms with Crippen LogP contribution in [0.5, 0.6) is 0 Å². The van der Waals surface area contributed by atoms with E-state index in [-0.39, 0.29) is 20.5 Å². The minimum absolute atomic E-state index is 0.0521. The van der Waals surface area contributed by atoms with Crippen LogP contribution in [0.3, 0.4) is 0 Å². The fourth-order valence-corrected chi connectivity index (χ4v) is 1.66. The summed E-state index contributed by atoms with van der Waals surface area (Å²) in [7, 11) is 0. The summed E-state index contributed by atoms with van der Waals surface area (Å²) in [5, 5.41) is 0. The second-order valence-corrected chi connectivity index (χ2v) is 4.21. The maximum atomic E-state index is 12.8. The van der Waals surface area contributed by atoms with E-state index in [1.165, 1.54) is 18.3 Å². The predicted octanol–water partition coefficient (Wildman–Crippen LogP) is 1.57. The standard InChI is InChI=1S/C8H9F2NSe/c1-8(9,10)6-3-4-11-7(5-6)12-2/h3-5H,1-2H3. The van der Waals surface area contributed by atoms with Gasteiger partial charge in [-0.3, -0.25) is 0 Å². The molecule has 1 aromatic heterocycles. The molecule has 0 aliphatic heterocycles. The molecule has 0 spiro atoms. The molecule has 0 saturated heterocycles. The van der Waals surface area contributed by atoms with E-state index in [1.54, 1.807) is 0 Å². The first-order valence-electron chi connectivity index (χ1n) is 3.42. The van der Waals surface area contributed by atoms with Crippen LogP contribution >= 0.6 is 0 Å². The van der Waals surface area contributed by atoms with Crippen LogP contribution in [0.1, 0.15) is 12.5 Å². The van der Waals surface area contributed by atoms with Crippen LogP contribution in [0.4, 0.5) is 8.78 Å². The number of pyridine rings is 1. The SMILES string of the molecule is C[Se]c1cc(C(C)(F)F)ccn1. The number of nitrogens with zero attached hydrogens (tertiary/aromatic N) is 1. The molecular weight excluding hydrogens is 227 g/mol. The molecule has 1 nitrogen and oxygen atoms in total. The molecule has 0 amide bonds. The van der Waals surface area contributed by atoms with E-state index in [0.717, 1.165) is 11.5 Å². The van der Waals surface area contributed by atoms with Gasteiger partial charge in [0.15, 0.2) is 0 Å². The van der Waals surface area contributed by atoms with Gasteiger partial charge in [-0.05, 0) is 0 Å². The summed E-state index contributed by atoms with van der Waals surface area (Å²) in [6.45, 7) is 0.898. The van der Waals surface area contributed by atoms with Gasteiger partial charge >= 0.3 is 75.9 Å². The summed E-state index contributed by atoms with van der Waals surface area (Å²) < 4.78 is 26.3. The van der Waals surface area contributed by atoms with Crippen molar-refractivity contribution in [1.82, 2.24) is 4.98 Å². The zero-order valence-corrected chi connectivity index (χ0v) is 8.56. The Bertz CT molecular complexity index is 270. The molecule has 0 atom stereocenters. The Kier molecular flexibility index (Phi) is 2.80. The summed E-state index contributed by atoms with van der Waals surface area (Å²) in [4.78, 5) is 3.97. The number of hydrogen-bond donors (Lipinski definition) is 0. The number of aromatic nitrogens is 1. The minimum atomic E-state index is -2.75. The van der Waals surface area contributed by atoms with Crippen molar-refractivity contribution in [2.45, 2.75) is 18.7 Å². The van der Waals surface area contributed by atoms with E-state index >= 15 is 0 Å². The number of halogens is 2. The second-order valence-electron chi connectivity index (χ2n) is 2.48. The summed E-state index contributed by atoms with van der Waals surface area (Å²) in [5.41, 5.74) is 0.0521. The van der Waals surface area contributed by atoms with Crippen LogP contribution in [0.15, 0.2) is 18.3 Å². The molecule has 0 aliphatic carbocycles. The van der Waals surface area contributed by atoms with E-state index in [4.69, 9.17) is 0 Å². The average molecular weight is 236 g/mol. The number of alkyl halides is 2. The van der Waals surface area contributed by atoms with Gasteiger partial charge < -0.3 is 0 Å². The zero-order chi connectivity index (χ0) is 9.19. The van der Waals surface area contributed by atoms with Crippen LogP contribution in [0, 0.1) is 0 Å². The summed E-state index contributed by atoms with van der Waals surface area (Å²) in [5.74, 6) is -0.796. The molecule has 0 aromatic carbocycles. The van der Waals surface area contributed by atoms with Crippen LogP contribution in [-0.2, 0) is 5.92 Å². The van der Waals surface area contributed by atoms with Crippen molar-refractivity contribution < 1.29 is 8.78 Å². The molecule has 12 heavy (non-hydrogen) atoms. The van der Waals surface area contributed by atoms with Crippen LogP contribution in [-0.4, -0.2) is 19.9 Å². The van der Waals surface area contributed by atoms with Crippen molar-refractivity contribution >= 4 is 19.5 Å². The molecule has 1 heterocycles. The molecule has 0 aliphatic rings. The van der Waals surface area contributed by atoms with Crippen molar-refractivity contribution in [2.24, 2.45) is 0 Å². The Labute approximate surface area is 76.4 Å². The average Bonchev–Trinajstić information content (AvgIpc) is 2.03. The predicted molar refractivity (Wildman–Crippen MR) is 45.1 cm³/mol. The molecule has 1 rings (SSSR count). The molecule has 0 fully saturated rings. The Morgan fingerprint density at radius 3 is 2.67 bits per heavy atom. The fraction of sp³-hybridized carbons (Fsp3) is 0.375. The summed E-state index contributed by atoms with van der Waals surface area (Å²) in [6.07, 6.45) is 1.44. The van der Waals surface area contributed by atoms with E-state index in [1.807, 2.05) is 5.82 Å². The van der Waals surface area contributed by atoms with Gasteiger partial charge in [-0.2, -0.15) is 0 Å². The first kappa shape index (κ1) is 9.62. The topological polar surface area (TPSA) is 12.9 Å². The molecule has 1 aromatic rings. The Balaban J connectivity index is 3.02. The molecule has 0 radical (unpaired) electrons. The van der Waals surface area contributed by atoms with Gasteiger partial charge in [0.2, 0.25) is 0 Å². The Morgan fingerprint density at radius 1 is 1.50 bits per heavy atom. The van der Waals surface area contributed by atoms with E-state index in [9.17, 15) is 8.78 Å². The van der Waals surface area contributed by atoms with E-state index in [0.29, 0.717) is 0 Å². The first-order valence-corrected chi connectivity index (χ1v) is 5.99. The van der Waals surface area contributed by atoms with Gasteiger partial charge in [-0.1, -0.05) is 0 Å². The third-order valence-corrected chi connectivity index (χ3v) is 2.80. The normalized spacial score (nSPS) is 11.7. The molecule has 66 valence electrons. The van der Waals surface area contributed by atoms with Crippen molar-refractivity contribution in [3.63, 3.8) is 0 Å².